The number of methoxy groups -OCH3 is 2. The van der Waals surface area contributed by atoms with E-state index in [1.807, 2.05) is 13.0 Å². The first kappa shape index (κ1) is 19.5. The van der Waals surface area contributed by atoms with Gasteiger partial charge in [0, 0.05) is 12.1 Å². The second-order valence-electron chi connectivity index (χ2n) is 6.47. The van der Waals surface area contributed by atoms with Crippen molar-refractivity contribution in [1.82, 2.24) is 4.90 Å². The number of aliphatic hydroxyl groups excluding tert-OH is 1. The number of amides is 1. The highest BCUT2D eigenvalue weighted by atomic mass is 16.5. The van der Waals surface area contributed by atoms with Gasteiger partial charge in [-0.3, -0.25) is 9.59 Å². The Kier molecular flexibility index (Phi) is 5.68. The fourth-order valence-corrected chi connectivity index (χ4v) is 3.47. The third-order valence-corrected chi connectivity index (χ3v) is 4.78. The van der Waals surface area contributed by atoms with Crippen molar-refractivity contribution in [1.29, 1.82) is 0 Å². The van der Waals surface area contributed by atoms with Crippen LogP contribution in [0.3, 0.4) is 0 Å². The molecule has 0 aliphatic carbocycles. The summed E-state index contributed by atoms with van der Waals surface area (Å²) in [5.74, 6) is -0.449. The number of carbonyl (C=O) groups is 2. The third-order valence-electron chi connectivity index (χ3n) is 4.78. The van der Waals surface area contributed by atoms with Crippen molar-refractivity contribution < 1.29 is 24.2 Å². The smallest absolute Gasteiger partial charge is 0.295 e. The molecule has 1 atom stereocenters. The molecule has 1 aliphatic heterocycles. The molecule has 0 radical (unpaired) electrons. The molecule has 0 bridgehead atoms. The largest absolute Gasteiger partial charge is 0.507 e. The third kappa shape index (κ3) is 3.33. The van der Waals surface area contributed by atoms with Crippen molar-refractivity contribution in [2.45, 2.75) is 19.4 Å². The van der Waals surface area contributed by atoms with Crippen molar-refractivity contribution in [2.75, 3.05) is 20.8 Å². The van der Waals surface area contributed by atoms with E-state index in [2.05, 4.69) is 0 Å². The van der Waals surface area contributed by atoms with Crippen LogP contribution in [0.15, 0.2) is 54.1 Å². The molecule has 1 N–H and O–H groups in total. The number of Topliss-reactive ketones (excluding diaryl/α,β-unsaturated/α-hetero) is 1. The average Bonchev–Trinajstić information content (AvgIpc) is 2.98. The number of benzene rings is 2. The first-order valence-electron chi connectivity index (χ1n) is 9.09. The number of rotatable bonds is 6. The van der Waals surface area contributed by atoms with Crippen molar-refractivity contribution in [3.63, 3.8) is 0 Å². The van der Waals surface area contributed by atoms with Gasteiger partial charge in [-0.2, -0.15) is 0 Å². The van der Waals surface area contributed by atoms with Crippen LogP contribution in [-0.2, 0) is 9.59 Å². The maximum Gasteiger partial charge on any atom is 0.295 e. The summed E-state index contributed by atoms with van der Waals surface area (Å²) in [6.45, 7) is 2.33. The maximum atomic E-state index is 12.8. The van der Waals surface area contributed by atoms with E-state index in [-0.39, 0.29) is 11.3 Å². The van der Waals surface area contributed by atoms with Crippen LogP contribution in [0.2, 0.25) is 0 Å². The van der Waals surface area contributed by atoms with Gasteiger partial charge in [0.15, 0.2) is 11.5 Å². The lowest BCUT2D eigenvalue weighted by atomic mass is 9.95. The van der Waals surface area contributed by atoms with Gasteiger partial charge in [-0.15, -0.1) is 0 Å². The molecule has 1 saturated heterocycles. The molecule has 1 fully saturated rings. The molecule has 0 saturated carbocycles. The minimum Gasteiger partial charge on any atom is -0.507 e. The molecular weight excluding hydrogens is 358 g/mol. The summed E-state index contributed by atoms with van der Waals surface area (Å²) >= 11 is 0. The topological polar surface area (TPSA) is 76.1 Å². The number of nitrogens with zero attached hydrogens (tertiary/aromatic N) is 1. The van der Waals surface area contributed by atoms with Crippen LogP contribution >= 0.6 is 0 Å². The Morgan fingerprint density at radius 2 is 1.71 bits per heavy atom. The lowest BCUT2D eigenvalue weighted by Gasteiger charge is -2.25. The summed E-state index contributed by atoms with van der Waals surface area (Å²) in [6.07, 6.45) is 0.683. The molecule has 146 valence electrons. The Balaban J connectivity index is 2.20. The molecule has 6 nitrogen and oxygen atoms in total. The van der Waals surface area contributed by atoms with Gasteiger partial charge >= 0.3 is 0 Å². The summed E-state index contributed by atoms with van der Waals surface area (Å²) in [6, 6.07) is 13.3. The second kappa shape index (κ2) is 8.17. The number of hydrogen-bond donors (Lipinski definition) is 1. The Bertz CT molecular complexity index is 920. The molecule has 3 rings (SSSR count). The number of carbonyl (C=O) groups excluding carboxylic acids is 2. The first-order valence-corrected chi connectivity index (χ1v) is 9.09. The number of ketones is 1. The number of hydrogen-bond acceptors (Lipinski definition) is 5. The average molecular weight is 381 g/mol. The quantitative estimate of drug-likeness (QED) is 0.471. The van der Waals surface area contributed by atoms with Gasteiger partial charge in [-0.25, -0.2) is 0 Å². The molecule has 28 heavy (non-hydrogen) atoms. The molecule has 2 aromatic rings. The fraction of sp³-hybridized carbons (Fsp3) is 0.273. The normalized spacial score (nSPS) is 18.4. The monoisotopic (exact) mass is 381 g/mol. The van der Waals surface area contributed by atoms with E-state index in [0.717, 1.165) is 0 Å². The highest BCUT2D eigenvalue weighted by Crippen LogP contribution is 2.41. The van der Waals surface area contributed by atoms with Gasteiger partial charge in [-0.1, -0.05) is 43.3 Å². The SMILES string of the molecule is CCCN1C(=O)C(=O)/C(=C(\O)c2ccccc2)C1c1ccc(OC)c(OC)c1. The zero-order chi connectivity index (χ0) is 20.3. The van der Waals surface area contributed by atoms with Gasteiger partial charge in [0.05, 0.1) is 25.8 Å². The van der Waals surface area contributed by atoms with E-state index >= 15 is 0 Å². The zero-order valence-electron chi connectivity index (χ0n) is 16.1. The molecule has 6 heteroatoms. The second-order valence-corrected chi connectivity index (χ2v) is 6.47. The van der Waals surface area contributed by atoms with E-state index in [9.17, 15) is 14.7 Å². The van der Waals surface area contributed by atoms with Crippen molar-refractivity contribution >= 4 is 17.4 Å². The van der Waals surface area contributed by atoms with Crippen LogP contribution in [0.4, 0.5) is 0 Å². The van der Waals surface area contributed by atoms with E-state index in [0.29, 0.717) is 35.6 Å². The van der Waals surface area contributed by atoms with Crippen LogP contribution < -0.4 is 9.47 Å². The van der Waals surface area contributed by atoms with E-state index in [1.54, 1.807) is 42.5 Å². The number of likely N-dealkylation sites (tertiary alicyclic amines) is 1. The highest BCUT2D eigenvalue weighted by molar-refractivity contribution is 6.46. The van der Waals surface area contributed by atoms with Gasteiger partial charge in [0.25, 0.3) is 11.7 Å². The van der Waals surface area contributed by atoms with Gasteiger partial charge < -0.3 is 19.5 Å². The Morgan fingerprint density at radius 1 is 1.04 bits per heavy atom. The Hall–Kier alpha value is -3.28. The van der Waals surface area contributed by atoms with Crippen LogP contribution in [0.25, 0.3) is 5.76 Å². The fourth-order valence-electron chi connectivity index (χ4n) is 3.47. The minimum absolute atomic E-state index is 0.0804. The summed E-state index contributed by atoms with van der Waals surface area (Å²) in [7, 11) is 3.06. The van der Waals surface area contributed by atoms with Gasteiger partial charge in [0.2, 0.25) is 0 Å². The van der Waals surface area contributed by atoms with Crippen molar-refractivity contribution in [3.8, 4) is 11.5 Å². The lowest BCUT2D eigenvalue weighted by molar-refractivity contribution is -0.139. The first-order chi connectivity index (χ1) is 13.5. The molecule has 1 unspecified atom stereocenters. The van der Waals surface area contributed by atoms with Crippen LogP contribution in [0.5, 0.6) is 11.5 Å². The molecule has 2 aromatic carbocycles. The Labute approximate surface area is 164 Å². The van der Waals surface area contributed by atoms with Crippen molar-refractivity contribution in [2.24, 2.45) is 0 Å². The predicted molar refractivity (Wildman–Crippen MR) is 105 cm³/mol. The van der Waals surface area contributed by atoms with Crippen molar-refractivity contribution in [3.05, 3.63) is 65.2 Å². The summed E-state index contributed by atoms with van der Waals surface area (Å²) in [5, 5.41) is 10.9. The van der Waals surface area contributed by atoms with Crippen LogP contribution in [0.1, 0.15) is 30.5 Å². The van der Waals surface area contributed by atoms with Gasteiger partial charge in [-0.05, 0) is 24.1 Å². The number of ether oxygens (including phenoxy) is 2. The summed E-state index contributed by atoms with van der Waals surface area (Å²) in [4.78, 5) is 27.0. The Morgan fingerprint density at radius 3 is 2.32 bits per heavy atom. The highest BCUT2D eigenvalue weighted by Gasteiger charge is 2.45. The van der Waals surface area contributed by atoms with E-state index in [4.69, 9.17) is 9.47 Å². The molecule has 1 aliphatic rings. The van der Waals surface area contributed by atoms with Crippen LogP contribution in [-0.4, -0.2) is 42.5 Å². The van der Waals surface area contributed by atoms with Crippen LogP contribution in [0, 0.1) is 0 Å². The maximum absolute atomic E-state index is 12.8. The zero-order valence-corrected chi connectivity index (χ0v) is 16.1. The molecule has 1 amide bonds. The van der Waals surface area contributed by atoms with E-state index in [1.165, 1.54) is 19.1 Å². The molecule has 0 spiro atoms. The molecular formula is C22H23NO5. The van der Waals surface area contributed by atoms with E-state index < -0.39 is 17.7 Å². The predicted octanol–water partition coefficient (Wildman–Crippen LogP) is 3.54. The molecule has 0 aromatic heterocycles. The molecule has 1 heterocycles. The number of aliphatic hydroxyl groups is 1. The summed E-state index contributed by atoms with van der Waals surface area (Å²) < 4.78 is 10.7. The summed E-state index contributed by atoms with van der Waals surface area (Å²) in [5.41, 5.74) is 1.24. The lowest BCUT2D eigenvalue weighted by Crippen LogP contribution is -2.30. The minimum atomic E-state index is -0.694. The van der Waals surface area contributed by atoms with Gasteiger partial charge in [0.1, 0.15) is 5.76 Å². The standard InChI is InChI=1S/C22H23NO5/c1-4-12-23-19(15-10-11-16(27-2)17(13-15)28-3)18(21(25)22(23)26)20(24)14-8-6-5-7-9-14/h5-11,13,19,24H,4,12H2,1-3H3/b20-18-.